The lowest BCUT2D eigenvalue weighted by atomic mass is 9.88. The third-order valence-electron chi connectivity index (χ3n) is 4.75. The molecule has 2 aliphatic heterocycles. The molecule has 2 aliphatic rings. The van der Waals surface area contributed by atoms with Gasteiger partial charge in [0, 0.05) is 31.1 Å². The lowest BCUT2D eigenvalue weighted by Gasteiger charge is -2.32. The van der Waals surface area contributed by atoms with E-state index in [1.165, 1.54) is 32.5 Å². The van der Waals surface area contributed by atoms with E-state index in [4.69, 9.17) is 22.7 Å². The Labute approximate surface area is 128 Å². The van der Waals surface area contributed by atoms with Gasteiger partial charge in [-0.1, -0.05) is 26.1 Å². The van der Waals surface area contributed by atoms with Crippen molar-refractivity contribution in [1.29, 1.82) is 0 Å². The Balaban J connectivity index is 1.67. The third kappa shape index (κ3) is 4.38. The molecule has 2 fully saturated rings. The fourth-order valence-corrected chi connectivity index (χ4v) is 3.23. The molecular weight excluding hydrogens is 270 g/mol. The largest absolute Gasteiger partial charge is 0.393 e. The molecule has 0 radical (unpaired) electrons. The van der Waals surface area contributed by atoms with E-state index in [1.807, 2.05) is 0 Å². The number of nitrogens with two attached hydrogens (primary N) is 1. The van der Waals surface area contributed by atoms with Crippen LogP contribution in [-0.2, 0) is 4.74 Å². The Morgan fingerprint density at radius 3 is 2.65 bits per heavy atom. The fourth-order valence-electron chi connectivity index (χ4n) is 3.12. The number of likely N-dealkylation sites (tertiary alicyclic amines) is 1. The molecule has 2 N–H and O–H groups in total. The van der Waals surface area contributed by atoms with Crippen molar-refractivity contribution in [2.75, 3.05) is 45.9 Å². The van der Waals surface area contributed by atoms with Gasteiger partial charge in [0.2, 0.25) is 0 Å². The molecular formula is C15H29N3OS. The normalized spacial score (nSPS) is 26.0. The van der Waals surface area contributed by atoms with Gasteiger partial charge in [-0.3, -0.25) is 4.90 Å². The maximum Gasteiger partial charge on any atom is 0.0784 e. The summed E-state index contributed by atoms with van der Waals surface area (Å²) in [6.45, 7) is 11.9. The van der Waals surface area contributed by atoms with Gasteiger partial charge in [-0.15, -0.1) is 0 Å². The van der Waals surface area contributed by atoms with E-state index in [-0.39, 0.29) is 5.41 Å². The average Bonchev–Trinajstić information content (AvgIpc) is 2.88. The second-order valence-electron chi connectivity index (χ2n) is 6.74. The van der Waals surface area contributed by atoms with Crippen molar-refractivity contribution in [3.8, 4) is 0 Å². The Morgan fingerprint density at radius 2 is 2.00 bits per heavy atom. The van der Waals surface area contributed by atoms with Gasteiger partial charge >= 0.3 is 0 Å². The van der Waals surface area contributed by atoms with E-state index >= 15 is 0 Å². The summed E-state index contributed by atoms with van der Waals surface area (Å²) in [7, 11) is 0. The monoisotopic (exact) mass is 299 g/mol. The Bertz CT molecular complexity index is 329. The summed E-state index contributed by atoms with van der Waals surface area (Å²) in [5, 5.41) is 0. The second-order valence-corrected chi connectivity index (χ2v) is 7.18. The zero-order valence-electron chi connectivity index (χ0n) is 12.9. The lowest BCUT2D eigenvalue weighted by Crippen LogP contribution is -2.44. The average molecular weight is 299 g/mol. The number of thiocarbonyl (C=S) groups is 1. The van der Waals surface area contributed by atoms with Crippen LogP contribution >= 0.6 is 12.2 Å². The van der Waals surface area contributed by atoms with Crippen LogP contribution in [0.4, 0.5) is 0 Å². The lowest BCUT2D eigenvalue weighted by molar-refractivity contribution is 0.0185. The van der Waals surface area contributed by atoms with Crippen LogP contribution in [0.3, 0.4) is 0 Å². The van der Waals surface area contributed by atoms with Crippen molar-refractivity contribution in [1.82, 2.24) is 9.80 Å². The van der Waals surface area contributed by atoms with Gasteiger partial charge in [-0.25, -0.2) is 0 Å². The third-order valence-corrected chi connectivity index (χ3v) is 5.31. The molecule has 1 atom stereocenters. The molecule has 116 valence electrons. The number of morpholine rings is 1. The molecule has 0 saturated carbocycles. The first-order valence-corrected chi connectivity index (χ1v) is 8.24. The van der Waals surface area contributed by atoms with Gasteiger partial charge in [0.05, 0.1) is 18.2 Å². The first kappa shape index (κ1) is 16.1. The van der Waals surface area contributed by atoms with Crippen LogP contribution in [0.2, 0.25) is 0 Å². The van der Waals surface area contributed by atoms with Crippen LogP contribution in [0.15, 0.2) is 0 Å². The van der Waals surface area contributed by atoms with Crippen molar-refractivity contribution in [2.24, 2.45) is 11.1 Å². The number of hydrogen-bond donors (Lipinski definition) is 1. The first-order chi connectivity index (χ1) is 9.49. The maximum absolute atomic E-state index is 5.78. The van der Waals surface area contributed by atoms with E-state index < -0.39 is 0 Å². The van der Waals surface area contributed by atoms with Crippen molar-refractivity contribution >= 4 is 17.2 Å². The highest BCUT2D eigenvalue weighted by atomic mass is 32.1. The quantitative estimate of drug-likeness (QED) is 0.753. The van der Waals surface area contributed by atoms with E-state index in [9.17, 15) is 0 Å². The number of ether oxygens (including phenoxy) is 1. The van der Waals surface area contributed by atoms with Crippen LogP contribution in [0.5, 0.6) is 0 Å². The van der Waals surface area contributed by atoms with Crippen LogP contribution in [-0.4, -0.2) is 66.8 Å². The van der Waals surface area contributed by atoms with E-state index in [0.717, 1.165) is 38.8 Å². The topological polar surface area (TPSA) is 41.7 Å². The number of rotatable bonds is 6. The van der Waals surface area contributed by atoms with Gasteiger partial charge in [-0.05, 0) is 32.4 Å². The molecule has 2 saturated heterocycles. The molecule has 2 rings (SSSR count). The van der Waals surface area contributed by atoms with Crippen molar-refractivity contribution < 1.29 is 4.74 Å². The van der Waals surface area contributed by atoms with Crippen LogP contribution in [0, 0.1) is 5.41 Å². The number of hydrogen-bond acceptors (Lipinski definition) is 4. The highest BCUT2D eigenvalue weighted by Gasteiger charge is 2.29. The number of nitrogens with zero attached hydrogens (tertiary/aromatic N) is 2. The van der Waals surface area contributed by atoms with Gasteiger partial charge in [-0.2, -0.15) is 0 Å². The Morgan fingerprint density at radius 1 is 1.30 bits per heavy atom. The molecule has 0 spiro atoms. The summed E-state index contributed by atoms with van der Waals surface area (Å²) >= 11 is 5.13. The molecule has 1 unspecified atom stereocenters. The molecule has 5 heteroatoms. The van der Waals surface area contributed by atoms with E-state index in [1.54, 1.807) is 0 Å². The fraction of sp³-hybridized carbons (Fsp3) is 0.933. The first-order valence-electron chi connectivity index (χ1n) is 7.83. The zero-order valence-corrected chi connectivity index (χ0v) is 13.8. The molecule has 4 nitrogen and oxygen atoms in total. The molecule has 20 heavy (non-hydrogen) atoms. The molecule has 0 aromatic carbocycles. The Hall–Kier alpha value is -0.230. The smallest absolute Gasteiger partial charge is 0.0784 e. The van der Waals surface area contributed by atoms with Gasteiger partial charge in [0.25, 0.3) is 0 Å². The summed E-state index contributed by atoms with van der Waals surface area (Å²) in [5.41, 5.74) is 5.78. The van der Waals surface area contributed by atoms with Crippen LogP contribution in [0.25, 0.3) is 0 Å². The predicted molar refractivity (Wildman–Crippen MR) is 87.0 cm³/mol. The minimum atomic E-state index is -0.00132. The molecule has 0 aromatic rings. The van der Waals surface area contributed by atoms with E-state index in [0.29, 0.717) is 4.99 Å². The molecule has 0 aromatic heterocycles. The van der Waals surface area contributed by atoms with Gasteiger partial charge in [0.15, 0.2) is 0 Å². The summed E-state index contributed by atoms with van der Waals surface area (Å²) in [5.74, 6) is 0. The summed E-state index contributed by atoms with van der Waals surface area (Å²) < 4.78 is 5.43. The minimum absolute atomic E-state index is 0.00132. The standard InChI is InChI=1S/C15H29N3OS/c1-15(2,14(16)20)5-3-6-17-7-4-13(12-17)18-8-10-19-11-9-18/h13H,3-12H2,1-2H3,(H2,16,20). The summed E-state index contributed by atoms with van der Waals surface area (Å²) in [4.78, 5) is 5.84. The van der Waals surface area contributed by atoms with Crippen LogP contribution < -0.4 is 5.73 Å². The molecule has 2 heterocycles. The summed E-state index contributed by atoms with van der Waals surface area (Å²) in [6, 6.07) is 0.738. The van der Waals surface area contributed by atoms with Crippen molar-refractivity contribution in [2.45, 2.75) is 39.2 Å². The highest BCUT2D eigenvalue weighted by molar-refractivity contribution is 7.80. The minimum Gasteiger partial charge on any atom is -0.393 e. The van der Waals surface area contributed by atoms with Crippen LogP contribution in [0.1, 0.15) is 33.1 Å². The predicted octanol–water partition coefficient (Wildman–Crippen LogP) is 1.49. The SMILES string of the molecule is CC(C)(CCCN1CCC(N2CCOCC2)C1)C(N)=S. The second kappa shape index (κ2) is 7.16. The molecule has 0 bridgehead atoms. The Kier molecular flexibility index (Phi) is 5.78. The molecule has 0 aliphatic carbocycles. The van der Waals surface area contributed by atoms with Gasteiger partial charge < -0.3 is 15.4 Å². The molecule has 0 amide bonds. The van der Waals surface area contributed by atoms with E-state index in [2.05, 4.69) is 23.6 Å². The maximum atomic E-state index is 5.78. The zero-order chi connectivity index (χ0) is 14.6. The van der Waals surface area contributed by atoms with Crippen molar-refractivity contribution in [3.05, 3.63) is 0 Å². The summed E-state index contributed by atoms with van der Waals surface area (Å²) in [6.07, 6.45) is 3.57. The van der Waals surface area contributed by atoms with Gasteiger partial charge in [0.1, 0.15) is 0 Å². The van der Waals surface area contributed by atoms with Crippen molar-refractivity contribution in [3.63, 3.8) is 0 Å². The highest BCUT2D eigenvalue weighted by Crippen LogP contribution is 2.24.